The average Bonchev–Trinajstić information content (AvgIpc) is 3.21. The number of piperidine rings is 1. The fraction of sp³-hybridized carbons (Fsp3) is 0.280. The zero-order valence-electron chi connectivity index (χ0n) is 19.0. The number of hydrogen-bond acceptors (Lipinski definition) is 6. The number of H-pyrrole nitrogens is 1. The molecule has 0 aliphatic carbocycles. The molecular formula is C25H26ClFN6O. The summed E-state index contributed by atoms with van der Waals surface area (Å²) in [4.78, 5) is 14.8. The molecule has 34 heavy (non-hydrogen) atoms. The quantitative estimate of drug-likeness (QED) is 0.396. The first-order valence-corrected chi connectivity index (χ1v) is 11.5. The van der Waals surface area contributed by atoms with Crippen LogP contribution in [0.25, 0.3) is 33.5 Å². The second-order valence-electron chi connectivity index (χ2n) is 8.72. The van der Waals surface area contributed by atoms with Crippen molar-refractivity contribution in [2.24, 2.45) is 5.73 Å². The lowest BCUT2D eigenvalue weighted by atomic mass is 9.96. The summed E-state index contributed by atoms with van der Waals surface area (Å²) >= 11 is 6.18. The average molecular weight is 481 g/mol. The molecule has 3 heterocycles. The second-order valence-corrected chi connectivity index (χ2v) is 9.15. The largest absolute Gasteiger partial charge is 0.383 e. The third kappa shape index (κ3) is 4.09. The van der Waals surface area contributed by atoms with Gasteiger partial charge in [-0.25, -0.2) is 14.4 Å². The Morgan fingerprint density at radius 1 is 1.24 bits per heavy atom. The molecule has 0 bridgehead atoms. The molecule has 5 rings (SSSR count). The highest BCUT2D eigenvalue weighted by molar-refractivity contribution is 6.31. The summed E-state index contributed by atoms with van der Waals surface area (Å²) < 4.78 is 20.1. The van der Waals surface area contributed by atoms with Crippen LogP contribution in [0.15, 0.2) is 42.6 Å². The predicted molar refractivity (Wildman–Crippen MR) is 134 cm³/mol. The highest BCUT2D eigenvalue weighted by Gasteiger charge is 2.31. The second kappa shape index (κ2) is 8.87. The third-order valence-corrected chi connectivity index (χ3v) is 6.58. The molecule has 0 radical (unpaired) electrons. The van der Waals surface area contributed by atoms with E-state index in [1.54, 1.807) is 19.4 Å². The van der Waals surface area contributed by atoms with Gasteiger partial charge in [0.1, 0.15) is 17.5 Å². The lowest BCUT2D eigenvalue weighted by Gasteiger charge is -2.39. The van der Waals surface area contributed by atoms with Crippen LogP contribution in [0.4, 0.5) is 15.9 Å². The number of nitrogens with two attached hydrogens (primary N) is 2. The minimum absolute atomic E-state index is 0.0721. The molecule has 0 saturated carbocycles. The van der Waals surface area contributed by atoms with Crippen LogP contribution in [0.5, 0.6) is 0 Å². The minimum atomic E-state index is -0.312. The van der Waals surface area contributed by atoms with Crippen molar-refractivity contribution in [3.05, 3.63) is 59.0 Å². The van der Waals surface area contributed by atoms with Crippen LogP contribution in [-0.2, 0) is 4.74 Å². The Kier molecular flexibility index (Phi) is 5.89. The molecule has 2 aromatic heterocycles. The fourth-order valence-corrected chi connectivity index (χ4v) is 4.84. The van der Waals surface area contributed by atoms with E-state index in [0.29, 0.717) is 40.9 Å². The number of nitrogens with one attached hydrogen (secondary N) is 1. The van der Waals surface area contributed by atoms with E-state index in [4.69, 9.17) is 32.8 Å². The number of anilines is 2. The molecule has 1 fully saturated rings. The number of benzene rings is 2. The smallest absolute Gasteiger partial charge is 0.144 e. The van der Waals surface area contributed by atoms with Crippen molar-refractivity contribution in [3.8, 4) is 22.5 Å². The SMILES string of the molecule is CO[C@H]1CN(c2c(-c3cc(C)cc(F)c3)cnc(N)c2-c2nc3ccc(Cl)cc3[nH]2)CC[C@@H]1N. The molecule has 176 valence electrons. The Labute approximate surface area is 201 Å². The molecule has 0 amide bonds. The highest BCUT2D eigenvalue weighted by Crippen LogP contribution is 2.43. The van der Waals surface area contributed by atoms with Crippen molar-refractivity contribution in [1.29, 1.82) is 0 Å². The summed E-state index contributed by atoms with van der Waals surface area (Å²) in [7, 11) is 1.66. The Balaban J connectivity index is 1.76. The van der Waals surface area contributed by atoms with Gasteiger partial charge in [0.05, 0.1) is 28.4 Å². The maximum Gasteiger partial charge on any atom is 0.144 e. The summed E-state index contributed by atoms with van der Waals surface area (Å²) in [6.45, 7) is 3.11. The predicted octanol–water partition coefficient (Wildman–Crippen LogP) is 4.53. The van der Waals surface area contributed by atoms with Crippen molar-refractivity contribution in [1.82, 2.24) is 15.0 Å². The standard InChI is InChI=1S/C25H26ClFN6O/c1-13-7-14(9-16(27)8-13)17-11-30-24(29)22(23(17)33-6-5-18(28)21(12-33)34-2)25-31-19-4-3-15(26)10-20(19)32-25/h3-4,7-11,18,21H,5-6,12,28H2,1-2H3,(H2,29,30)(H,31,32)/t18-,21-/m0/s1. The fourth-order valence-electron chi connectivity index (χ4n) is 4.67. The number of rotatable bonds is 4. The van der Waals surface area contributed by atoms with Gasteiger partial charge in [-0.15, -0.1) is 0 Å². The molecule has 1 aliphatic heterocycles. The van der Waals surface area contributed by atoms with Crippen LogP contribution in [0, 0.1) is 12.7 Å². The summed E-state index contributed by atoms with van der Waals surface area (Å²) in [5, 5.41) is 0.603. The van der Waals surface area contributed by atoms with E-state index in [1.807, 2.05) is 25.1 Å². The number of aromatic nitrogens is 3. The van der Waals surface area contributed by atoms with E-state index >= 15 is 0 Å². The number of hydrogen-bond donors (Lipinski definition) is 3. The monoisotopic (exact) mass is 480 g/mol. The van der Waals surface area contributed by atoms with Crippen LogP contribution in [0.1, 0.15) is 12.0 Å². The molecule has 9 heteroatoms. The Morgan fingerprint density at radius 2 is 2.06 bits per heavy atom. The van der Waals surface area contributed by atoms with E-state index < -0.39 is 0 Å². The molecule has 0 unspecified atom stereocenters. The van der Waals surface area contributed by atoms with Crippen molar-refractivity contribution < 1.29 is 9.13 Å². The van der Waals surface area contributed by atoms with Gasteiger partial charge >= 0.3 is 0 Å². The molecule has 1 aliphatic rings. The number of fused-ring (bicyclic) bond motifs is 1. The number of nitrogen functional groups attached to an aromatic ring is 1. The summed E-state index contributed by atoms with van der Waals surface area (Å²) in [6.07, 6.45) is 2.27. The van der Waals surface area contributed by atoms with Gasteiger partial charge < -0.3 is 26.1 Å². The van der Waals surface area contributed by atoms with Crippen LogP contribution in [-0.4, -0.2) is 47.3 Å². The van der Waals surface area contributed by atoms with E-state index in [2.05, 4.69) is 14.9 Å². The number of methoxy groups -OCH3 is 1. The number of imidazole rings is 1. The van der Waals surface area contributed by atoms with Crippen molar-refractivity contribution in [2.45, 2.75) is 25.5 Å². The van der Waals surface area contributed by atoms with E-state index in [-0.39, 0.29) is 18.0 Å². The Morgan fingerprint density at radius 3 is 2.82 bits per heavy atom. The first kappa shape index (κ1) is 22.6. The minimum Gasteiger partial charge on any atom is -0.383 e. The maximum absolute atomic E-state index is 14.4. The molecule has 5 N–H and O–H groups in total. The first-order chi connectivity index (χ1) is 16.3. The van der Waals surface area contributed by atoms with E-state index in [0.717, 1.165) is 34.3 Å². The van der Waals surface area contributed by atoms with Gasteiger partial charge in [-0.05, 0) is 54.8 Å². The number of halogens is 2. The van der Waals surface area contributed by atoms with Crippen LogP contribution >= 0.6 is 11.6 Å². The highest BCUT2D eigenvalue weighted by atomic mass is 35.5. The number of aromatic amines is 1. The van der Waals surface area contributed by atoms with Gasteiger partial charge in [0, 0.05) is 43.0 Å². The number of ether oxygens (including phenoxy) is 1. The summed E-state index contributed by atoms with van der Waals surface area (Å²) in [5.74, 6) is 0.574. The normalized spacial score (nSPS) is 18.6. The first-order valence-electron chi connectivity index (χ1n) is 11.1. The molecular weight excluding hydrogens is 455 g/mol. The van der Waals surface area contributed by atoms with E-state index in [1.165, 1.54) is 12.1 Å². The zero-order valence-corrected chi connectivity index (χ0v) is 19.7. The number of pyridine rings is 1. The summed E-state index contributed by atoms with van der Waals surface area (Å²) in [6, 6.07) is 10.3. The lowest BCUT2D eigenvalue weighted by molar-refractivity contribution is 0.0730. The van der Waals surface area contributed by atoms with Gasteiger partial charge in [-0.2, -0.15) is 0 Å². The third-order valence-electron chi connectivity index (χ3n) is 6.34. The zero-order chi connectivity index (χ0) is 24.0. The number of aryl methyl sites for hydroxylation is 1. The van der Waals surface area contributed by atoms with Crippen LogP contribution < -0.4 is 16.4 Å². The van der Waals surface area contributed by atoms with Gasteiger partial charge in [0.25, 0.3) is 0 Å². The summed E-state index contributed by atoms with van der Waals surface area (Å²) in [5.41, 5.74) is 18.0. The van der Waals surface area contributed by atoms with Gasteiger partial charge in [-0.3, -0.25) is 0 Å². The van der Waals surface area contributed by atoms with Crippen molar-refractivity contribution >= 4 is 34.1 Å². The lowest BCUT2D eigenvalue weighted by Crippen LogP contribution is -2.51. The molecule has 2 atom stereocenters. The molecule has 2 aromatic carbocycles. The molecule has 1 saturated heterocycles. The molecule has 7 nitrogen and oxygen atoms in total. The van der Waals surface area contributed by atoms with Gasteiger partial charge in [0.15, 0.2) is 0 Å². The molecule has 4 aromatic rings. The van der Waals surface area contributed by atoms with Crippen molar-refractivity contribution in [2.75, 3.05) is 30.8 Å². The topological polar surface area (TPSA) is 106 Å². The van der Waals surface area contributed by atoms with Crippen LogP contribution in [0.2, 0.25) is 5.02 Å². The van der Waals surface area contributed by atoms with Gasteiger partial charge in [0.2, 0.25) is 0 Å². The molecule has 0 spiro atoms. The maximum atomic E-state index is 14.4. The van der Waals surface area contributed by atoms with Crippen LogP contribution in [0.3, 0.4) is 0 Å². The van der Waals surface area contributed by atoms with Crippen molar-refractivity contribution in [3.63, 3.8) is 0 Å². The van der Waals surface area contributed by atoms with Gasteiger partial charge in [-0.1, -0.05) is 17.7 Å². The van der Waals surface area contributed by atoms with E-state index in [9.17, 15) is 4.39 Å². The Bertz CT molecular complexity index is 1350. The number of nitrogens with zero attached hydrogens (tertiary/aromatic N) is 3. The Hall–Kier alpha value is -3.20.